The number of hydrogen-bond donors (Lipinski definition) is 1. The van der Waals surface area contributed by atoms with Crippen LogP contribution in [0.25, 0.3) is 0 Å². The van der Waals surface area contributed by atoms with Crippen LogP contribution in [0.2, 0.25) is 0 Å². The van der Waals surface area contributed by atoms with Crippen LogP contribution in [-0.2, 0) is 0 Å². The first-order chi connectivity index (χ1) is 8.69. The molecule has 1 N–H and O–H groups in total. The average molecular weight is 309 g/mol. The van der Waals surface area contributed by atoms with Gasteiger partial charge in [0.25, 0.3) is 0 Å². The van der Waals surface area contributed by atoms with Gasteiger partial charge < -0.3 is 5.32 Å². The van der Waals surface area contributed by atoms with E-state index in [4.69, 9.17) is 0 Å². The number of pyridine rings is 1. The van der Waals surface area contributed by atoms with Gasteiger partial charge in [-0.2, -0.15) is 4.39 Å². The molecule has 1 atom stereocenters. The topological polar surface area (TPSA) is 24.9 Å². The van der Waals surface area contributed by atoms with Crippen LogP contribution in [0.3, 0.4) is 0 Å². The summed E-state index contributed by atoms with van der Waals surface area (Å²) in [6.07, 6.45) is 2.45. The van der Waals surface area contributed by atoms with Gasteiger partial charge >= 0.3 is 0 Å². The van der Waals surface area contributed by atoms with E-state index >= 15 is 0 Å². The molecule has 18 heavy (non-hydrogen) atoms. The molecule has 0 spiro atoms. The van der Waals surface area contributed by atoms with Crippen LogP contribution >= 0.6 is 15.9 Å². The minimum atomic E-state index is -0.461. The molecule has 2 aromatic rings. The van der Waals surface area contributed by atoms with Crippen molar-refractivity contribution in [1.29, 1.82) is 0 Å². The lowest BCUT2D eigenvalue weighted by atomic mass is 10.0. The molecule has 2 nitrogen and oxygen atoms in total. The molecule has 0 aliphatic rings. The van der Waals surface area contributed by atoms with Gasteiger partial charge in [-0.25, -0.2) is 4.98 Å². The highest BCUT2D eigenvalue weighted by atomic mass is 79.9. The van der Waals surface area contributed by atoms with Gasteiger partial charge in [0.15, 0.2) is 0 Å². The summed E-state index contributed by atoms with van der Waals surface area (Å²) >= 11 is 3.42. The first-order valence-electron chi connectivity index (χ1n) is 5.82. The van der Waals surface area contributed by atoms with Gasteiger partial charge in [-0.3, -0.25) is 0 Å². The van der Waals surface area contributed by atoms with Crippen LogP contribution in [0, 0.1) is 5.95 Å². The van der Waals surface area contributed by atoms with Crippen molar-refractivity contribution >= 4 is 21.6 Å². The summed E-state index contributed by atoms with van der Waals surface area (Å²) < 4.78 is 13.8. The Bertz CT molecular complexity index is 496. The van der Waals surface area contributed by atoms with Crippen LogP contribution in [-0.4, -0.2) is 4.98 Å². The van der Waals surface area contributed by atoms with Gasteiger partial charge in [0, 0.05) is 4.47 Å². The molecular formula is C14H14BrFN2. The Morgan fingerprint density at radius 1 is 1.22 bits per heavy atom. The molecule has 0 saturated heterocycles. The number of nitrogens with one attached hydrogen (secondary N) is 1. The number of hydrogen-bond acceptors (Lipinski definition) is 2. The number of aromatic nitrogens is 1. The molecule has 1 aromatic heterocycles. The standard InChI is InChI=1S/C14H14BrFN2/c1-2-13(10-3-5-11(15)6-4-10)18-12-7-8-14(16)17-9-12/h3-9,13,18H,2H2,1H3. The van der Waals surface area contributed by atoms with Gasteiger partial charge in [0.2, 0.25) is 5.95 Å². The molecular weight excluding hydrogens is 295 g/mol. The van der Waals surface area contributed by atoms with E-state index in [0.29, 0.717) is 0 Å². The van der Waals surface area contributed by atoms with Crippen molar-refractivity contribution in [2.24, 2.45) is 0 Å². The molecule has 0 aliphatic heterocycles. The summed E-state index contributed by atoms with van der Waals surface area (Å²) in [6, 6.07) is 11.4. The summed E-state index contributed by atoms with van der Waals surface area (Å²) in [5, 5.41) is 3.35. The Morgan fingerprint density at radius 3 is 2.50 bits per heavy atom. The van der Waals surface area contributed by atoms with E-state index in [1.807, 2.05) is 12.1 Å². The first kappa shape index (κ1) is 13.0. The highest BCUT2D eigenvalue weighted by Gasteiger charge is 2.09. The van der Waals surface area contributed by atoms with E-state index < -0.39 is 5.95 Å². The molecule has 94 valence electrons. The molecule has 1 aromatic carbocycles. The van der Waals surface area contributed by atoms with Gasteiger partial charge in [-0.15, -0.1) is 0 Å². The predicted octanol–water partition coefficient (Wildman–Crippen LogP) is 4.55. The quantitative estimate of drug-likeness (QED) is 0.838. The molecule has 0 radical (unpaired) electrons. The lowest BCUT2D eigenvalue weighted by Crippen LogP contribution is -2.09. The predicted molar refractivity (Wildman–Crippen MR) is 75.0 cm³/mol. The smallest absolute Gasteiger partial charge is 0.212 e. The van der Waals surface area contributed by atoms with E-state index in [2.05, 4.69) is 45.3 Å². The highest BCUT2D eigenvalue weighted by molar-refractivity contribution is 9.10. The maximum Gasteiger partial charge on any atom is 0.212 e. The van der Waals surface area contributed by atoms with E-state index in [1.165, 1.54) is 17.8 Å². The normalized spacial score (nSPS) is 12.2. The number of halogens is 2. The molecule has 0 fully saturated rings. The summed E-state index contributed by atoms with van der Waals surface area (Å²) in [5.74, 6) is -0.461. The highest BCUT2D eigenvalue weighted by Crippen LogP contribution is 2.23. The second-order valence-electron chi connectivity index (χ2n) is 4.03. The summed E-state index contributed by atoms with van der Waals surface area (Å²) in [6.45, 7) is 2.11. The largest absolute Gasteiger partial charge is 0.377 e. The number of benzene rings is 1. The van der Waals surface area contributed by atoms with Gasteiger partial charge in [0.1, 0.15) is 0 Å². The summed E-state index contributed by atoms with van der Waals surface area (Å²) in [5.41, 5.74) is 2.02. The zero-order valence-electron chi connectivity index (χ0n) is 10.0. The van der Waals surface area contributed by atoms with E-state index in [-0.39, 0.29) is 6.04 Å². The van der Waals surface area contributed by atoms with E-state index in [1.54, 1.807) is 6.07 Å². The van der Waals surface area contributed by atoms with Crippen molar-refractivity contribution in [3.8, 4) is 0 Å². The summed E-state index contributed by atoms with van der Waals surface area (Å²) in [4.78, 5) is 3.64. The fourth-order valence-electron chi connectivity index (χ4n) is 1.78. The van der Waals surface area contributed by atoms with Crippen LogP contribution in [0.5, 0.6) is 0 Å². The van der Waals surface area contributed by atoms with Crippen molar-refractivity contribution in [3.05, 3.63) is 58.6 Å². The van der Waals surface area contributed by atoms with Crippen molar-refractivity contribution in [2.45, 2.75) is 19.4 Å². The third-order valence-corrected chi connectivity index (χ3v) is 3.28. The second kappa shape index (κ2) is 5.96. The SMILES string of the molecule is CCC(Nc1ccc(F)nc1)c1ccc(Br)cc1. The van der Waals surface area contributed by atoms with Crippen molar-refractivity contribution in [1.82, 2.24) is 4.98 Å². The van der Waals surface area contributed by atoms with Crippen LogP contribution in [0.1, 0.15) is 24.9 Å². The number of rotatable bonds is 4. The molecule has 0 aliphatic carbocycles. The van der Waals surface area contributed by atoms with E-state index in [9.17, 15) is 4.39 Å². The molecule has 1 heterocycles. The molecule has 2 rings (SSSR count). The minimum Gasteiger partial charge on any atom is -0.377 e. The zero-order valence-corrected chi connectivity index (χ0v) is 11.6. The van der Waals surface area contributed by atoms with E-state index in [0.717, 1.165) is 16.6 Å². The zero-order chi connectivity index (χ0) is 13.0. The maximum atomic E-state index is 12.7. The molecule has 0 saturated carbocycles. The molecule has 0 bridgehead atoms. The maximum absolute atomic E-state index is 12.7. The van der Waals surface area contributed by atoms with Crippen LogP contribution in [0.4, 0.5) is 10.1 Å². The number of anilines is 1. The van der Waals surface area contributed by atoms with Gasteiger partial charge in [0.05, 0.1) is 17.9 Å². The second-order valence-corrected chi connectivity index (χ2v) is 4.94. The molecule has 0 amide bonds. The lowest BCUT2D eigenvalue weighted by molar-refractivity contribution is 0.583. The van der Waals surface area contributed by atoms with Crippen molar-refractivity contribution in [2.75, 3.05) is 5.32 Å². The Balaban J connectivity index is 2.14. The monoisotopic (exact) mass is 308 g/mol. The Hall–Kier alpha value is -1.42. The fourth-order valence-corrected chi connectivity index (χ4v) is 2.04. The number of nitrogens with zero attached hydrogens (tertiary/aromatic N) is 1. The Morgan fingerprint density at radius 2 is 1.94 bits per heavy atom. The third kappa shape index (κ3) is 3.29. The van der Waals surface area contributed by atoms with Gasteiger partial charge in [-0.05, 0) is 36.2 Å². The first-order valence-corrected chi connectivity index (χ1v) is 6.62. The fraction of sp³-hybridized carbons (Fsp3) is 0.214. The third-order valence-electron chi connectivity index (χ3n) is 2.75. The van der Waals surface area contributed by atoms with Crippen molar-refractivity contribution in [3.63, 3.8) is 0 Å². The minimum absolute atomic E-state index is 0.199. The average Bonchev–Trinajstić information content (AvgIpc) is 2.39. The Kier molecular flexibility index (Phi) is 4.31. The van der Waals surface area contributed by atoms with Crippen LogP contribution < -0.4 is 5.32 Å². The molecule has 4 heteroatoms. The lowest BCUT2D eigenvalue weighted by Gasteiger charge is -2.18. The summed E-state index contributed by atoms with van der Waals surface area (Å²) in [7, 11) is 0. The van der Waals surface area contributed by atoms with Gasteiger partial charge in [-0.1, -0.05) is 35.0 Å². The molecule has 1 unspecified atom stereocenters. The Labute approximate surface area is 114 Å². The van der Waals surface area contributed by atoms with Crippen LogP contribution in [0.15, 0.2) is 47.1 Å². The van der Waals surface area contributed by atoms with Crippen molar-refractivity contribution < 1.29 is 4.39 Å².